The van der Waals surface area contributed by atoms with Crippen molar-refractivity contribution in [2.45, 2.75) is 187 Å². The first-order valence-electron chi connectivity index (χ1n) is 21.2. The molecule has 3 unspecified atom stereocenters. The minimum absolute atomic E-state index is 0.134. The molecule has 0 aromatic carbocycles. The normalized spacial score (nSPS) is 14.3. The van der Waals surface area contributed by atoms with Gasteiger partial charge in [0.05, 0.1) is 13.2 Å². The molecule has 0 aliphatic heterocycles. The van der Waals surface area contributed by atoms with Gasteiger partial charge in [0, 0.05) is 12.8 Å². The molecule has 0 aromatic heterocycles. The van der Waals surface area contributed by atoms with Crippen molar-refractivity contribution in [3.63, 3.8) is 0 Å². The summed E-state index contributed by atoms with van der Waals surface area (Å²) in [6, 6.07) is -1.55. The lowest BCUT2D eigenvalue weighted by molar-refractivity contribution is -0.147. The molecule has 0 saturated carbocycles. The second-order valence-corrected chi connectivity index (χ2v) is 15.6. The molecule has 1 amide bonds. The lowest BCUT2D eigenvalue weighted by Crippen LogP contribution is -2.43. The van der Waals surface area contributed by atoms with Crippen LogP contribution in [0.4, 0.5) is 0 Å². The van der Waals surface area contributed by atoms with E-state index in [1.165, 1.54) is 44.9 Å². The first-order chi connectivity index (χ1) is 26.6. The molecule has 0 bridgehead atoms. The second-order valence-electron chi connectivity index (χ2n) is 14.2. The minimum atomic E-state index is -4.76. The molecule has 3 atom stereocenters. The van der Waals surface area contributed by atoms with Crippen LogP contribution in [0.15, 0.2) is 48.6 Å². The largest absolute Gasteiger partial charge is 0.480 e. The highest BCUT2D eigenvalue weighted by Crippen LogP contribution is 2.43. The number of hydrogen-bond donors (Lipinski definition) is 4. The fraction of sp³-hybridized carbons (Fsp3) is 0.744. The maximum atomic E-state index is 12.3. The maximum Gasteiger partial charge on any atom is 0.472 e. The highest BCUT2D eigenvalue weighted by atomic mass is 31.2. The third-order valence-electron chi connectivity index (χ3n) is 8.84. The van der Waals surface area contributed by atoms with Crippen molar-refractivity contribution in [3.05, 3.63) is 48.6 Å². The number of carboxylic acids is 1. The summed E-state index contributed by atoms with van der Waals surface area (Å²) in [7, 11) is -4.76. The number of rotatable bonds is 39. The van der Waals surface area contributed by atoms with Gasteiger partial charge in [-0.15, -0.1) is 0 Å². The van der Waals surface area contributed by atoms with Crippen LogP contribution in [-0.4, -0.2) is 64.9 Å². The fourth-order valence-corrected chi connectivity index (χ4v) is 6.25. The molecule has 0 aromatic rings. The first-order valence-corrected chi connectivity index (χ1v) is 22.7. The Morgan fingerprint density at radius 1 is 0.582 bits per heavy atom. The zero-order valence-corrected chi connectivity index (χ0v) is 35.1. The van der Waals surface area contributed by atoms with E-state index in [1.54, 1.807) is 0 Å². The number of carbonyl (C=O) groups is 3. The SMILES string of the molecule is CCCC/C=C\C/C=C\CCCCCCCC(=O)OCC(O)COP(=O)(O)OCC(NC(=O)CCCCCCCCC/C=C\C/C=C\CCCCC)C(=O)O. The van der Waals surface area contributed by atoms with Crippen molar-refractivity contribution >= 4 is 25.7 Å². The second kappa shape index (κ2) is 38.3. The average Bonchev–Trinajstić information content (AvgIpc) is 3.16. The van der Waals surface area contributed by atoms with Crippen LogP contribution in [0.25, 0.3) is 0 Å². The molecule has 0 rings (SSSR count). The molecule has 11 nitrogen and oxygen atoms in total. The van der Waals surface area contributed by atoms with Crippen LogP contribution >= 0.6 is 7.82 Å². The lowest BCUT2D eigenvalue weighted by atomic mass is 10.1. The van der Waals surface area contributed by atoms with E-state index in [0.717, 1.165) is 89.9 Å². The van der Waals surface area contributed by atoms with Crippen LogP contribution in [-0.2, 0) is 32.7 Å². The van der Waals surface area contributed by atoms with Gasteiger partial charge in [-0.25, -0.2) is 9.36 Å². The number of nitrogens with one attached hydrogen (secondary N) is 1. The van der Waals surface area contributed by atoms with E-state index in [0.29, 0.717) is 12.8 Å². The first kappa shape index (κ1) is 52.4. The summed E-state index contributed by atoms with van der Waals surface area (Å²) in [6.45, 7) is 2.49. The number of esters is 1. The number of carboxylic acid groups (broad SMARTS) is 1. The number of phosphoric ester groups is 1. The molecule has 12 heteroatoms. The van der Waals surface area contributed by atoms with E-state index in [1.807, 2.05) is 0 Å². The number of phosphoric acid groups is 1. The van der Waals surface area contributed by atoms with Crippen LogP contribution < -0.4 is 5.32 Å². The number of allylic oxidation sites excluding steroid dienone is 8. The van der Waals surface area contributed by atoms with Gasteiger partial charge in [-0.2, -0.15) is 0 Å². The van der Waals surface area contributed by atoms with E-state index < -0.39 is 57.6 Å². The zero-order chi connectivity index (χ0) is 40.7. The summed E-state index contributed by atoms with van der Waals surface area (Å²) in [4.78, 5) is 45.8. The highest BCUT2D eigenvalue weighted by molar-refractivity contribution is 7.47. The molecule has 0 spiro atoms. The van der Waals surface area contributed by atoms with Gasteiger partial charge in [0.25, 0.3) is 0 Å². The van der Waals surface area contributed by atoms with E-state index in [4.69, 9.17) is 13.8 Å². The van der Waals surface area contributed by atoms with Gasteiger partial charge in [0.15, 0.2) is 6.04 Å². The Bertz CT molecular complexity index is 1120. The molecular weight excluding hydrogens is 721 g/mol. The van der Waals surface area contributed by atoms with Crippen LogP contribution in [0.1, 0.15) is 174 Å². The zero-order valence-electron chi connectivity index (χ0n) is 34.2. The summed E-state index contributed by atoms with van der Waals surface area (Å²) < 4.78 is 26.8. The molecule has 0 aliphatic carbocycles. The number of aliphatic hydroxyl groups excluding tert-OH is 1. The van der Waals surface area contributed by atoms with Gasteiger partial charge in [-0.1, -0.05) is 140 Å². The van der Waals surface area contributed by atoms with Gasteiger partial charge >= 0.3 is 19.8 Å². The van der Waals surface area contributed by atoms with Crippen LogP contribution in [0.3, 0.4) is 0 Å². The number of amides is 1. The molecule has 318 valence electrons. The Balaban J connectivity index is 3.96. The Hall–Kier alpha value is -2.56. The number of carbonyl (C=O) groups excluding carboxylic acids is 2. The highest BCUT2D eigenvalue weighted by Gasteiger charge is 2.28. The Kier molecular flexibility index (Phi) is 36.5. The van der Waals surface area contributed by atoms with E-state index in [9.17, 15) is 34.1 Å². The van der Waals surface area contributed by atoms with Crippen molar-refractivity contribution in [1.82, 2.24) is 5.32 Å². The smallest absolute Gasteiger partial charge is 0.472 e. The van der Waals surface area contributed by atoms with Crippen molar-refractivity contribution in [2.24, 2.45) is 0 Å². The van der Waals surface area contributed by atoms with Crippen molar-refractivity contribution in [3.8, 4) is 0 Å². The van der Waals surface area contributed by atoms with Crippen molar-refractivity contribution in [1.29, 1.82) is 0 Å². The summed E-state index contributed by atoms with van der Waals surface area (Å²) in [5.74, 6) is -2.40. The summed E-state index contributed by atoms with van der Waals surface area (Å²) in [5.41, 5.74) is 0. The molecule has 4 N–H and O–H groups in total. The quantitative estimate of drug-likeness (QED) is 0.0203. The topological polar surface area (TPSA) is 169 Å². The predicted molar refractivity (Wildman–Crippen MR) is 222 cm³/mol. The van der Waals surface area contributed by atoms with Gasteiger partial charge in [-0.05, 0) is 70.6 Å². The number of ether oxygens (including phenoxy) is 1. The fourth-order valence-electron chi connectivity index (χ4n) is 5.48. The Morgan fingerprint density at radius 3 is 1.53 bits per heavy atom. The third kappa shape index (κ3) is 38.1. The minimum Gasteiger partial charge on any atom is -0.480 e. The van der Waals surface area contributed by atoms with Crippen LogP contribution in [0.2, 0.25) is 0 Å². The van der Waals surface area contributed by atoms with Crippen LogP contribution in [0.5, 0.6) is 0 Å². The summed E-state index contributed by atoms with van der Waals surface area (Å²) in [5, 5.41) is 21.8. The number of aliphatic hydroxyl groups is 1. The Morgan fingerprint density at radius 2 is 1.02 bits per heavy atom. The lowest BCUT2D eigenvalue weighted by Gasteiger charge is -2.18. The van der Waals surface area contributed by atoms with Gasteiger partial charge in [0.1, 0.15) is 12.7 Å². The molecule has 0 aliphatic rings. The number of hydrogen-bond acceptors (Lipinski definition) is 8. The molecule has 0 fully saturated rings. The van der Waals surface area contributed by atoms with Crippen molar-refractivity contribution in [2.75, 3.05) is 19.8 Å². The van der Waals surface area contributed by atoms with E-state index in [2.05, 4.69) is 67.8 Å². The summed E-state index contributed by atoms with van der Waals surface area (Å²) >= 11 is 0. The average molecular weight is 798 g/mol. The number of aliphatic carboxylic acids is 1. The van der Waals surface area contributed by atoms with Gasteiger partial charge < -0.3 is 25.2 Å². The van der Waals surface area contributed by atoms with Crippen molar-refractivity contribution < 1.29 is 47.8 Å². The van der Waals surface area contributed by atoms with E-state index >= 15 is 0 Å². The molecule has 0 saturated heterocycles. The molecule has 0 heterocycles. The number of unbranched alkanes of at least 4 members (excludes halogenated alkanes) is 17. The Labute approximate surface area is 333 Å². The molecule has 55 heavy (non-hydrogen) atoms. The van der Waals surface area contributed by atoms with Gasteiger partial charge in [0.2, 0.25) is 5.91 Å². The standard InChI is InChI=1S/C43H76NO10P/c1-3-5-7-9-11-13-15-17-19-20-21-22-24-26-28-30-32-34-41(46)44-40(43(48)49)38-54-55(50,51)53-37-39(45)36-52-42(47)35-33-31-29-27-25-23-18-16-14-12-10-8-6-4-2/h10-13,16-19,39-40,45H,3-9,14-15,20-38H2,1-2H3,(H,44,46)(H,48,49)(H,50,51)/b12-10-,13-11-,18-16-,19-17-. The van der Waals surface area contributed by atoms with Crippen LogP contribution in [0, 0.1) is 0 Å². The summed E-state index contributed by atoms with van der Waals surface area (Å²) in [6.07, 6.45) is 41.3. The van der Waals surface area contributed by atoms with E-state index in [-0.39, 0.29) is 12.8 Å². The monoisotopic (exact) mass is 798 g/mol. The predicted octanol–water partition coefficient (Wildman–Crippen LogP) is 10.6. The third-order valence-corrected chi connectivity index (χ3v) is 9.79. The molecule has 0 radical (unpaired) electrons. The maximum absolute atomic E-state index is 12.3. The molecular formula is C43H76NO10P. The van der Waals surface area contributed by atoms with Gasteiger partial charge in [-0.3, -0.25) is 18.6 Å².